The Hall–Kier alpha value is -0.210. The van der Waals surface area contributed by atoms with Crippen molar-refractivity contribution in [1.29, 1.82) is 0 Å². The molecule has 5 heavy (non-hydrogen) atoms. The molecule has 0 aromatic carbocycles. The molecule has 3 heteroatoms. The van der Waals surface area contributed by atoms with Crippen molar-refractivity contribution in [3.63, 3.8) is 0 Å². The Kier molecular flexibility index (Phi) is 1.97. The summed E-state index contributed by atoms with van der Waals surface area (Å²) in [6.45, 7) is -1.61. The average molecular weight is 83.0 g/mol. The molecule has 0 unspecified atom stereocenters. The lowest BCUT2D eigenvalue weighted by Crippen LogP contribution is -1.75. The lowest BCUT2D eigenvalue weighted by atomic mass is 10.8. The molecule has 0 saturated carbocycles. The second-order valence-electron chi connectivity index (χ2n) is 0.472. The third-order valence-electron chi connectivity index (χ3n) is 0.101. The van der Waals surface area contributed by atoms with Crippen LogP contribution in [0.3, 0.4) is 0 Å². The van der Waals surface area contributed by atoms with E-state index in [1.807, 2.05) is 0 Å². The maximum atomic E-state index is 10.3. The quantitative estimate of drug-likeness (QED) is 0.420. The van der Waals surface area contributed by atoms with E-state index in [9.17, 15) is 13.2 Å². The molecule has 0 aliphatic heterocycles. The van der Waals surface area contributed by atoms with Crippen molar-refractivity contribution in [3.05, 3.63) is 6.43 Å². The van der Waals surface area contributed by atoms with Crippen molar-refractivity contribution in [2.75, 3.05) is 6.67 Å². The first-order valence-corrected chi connectivity index (χ1v) is 0.999. The van der Waals surface area contributed by atoms with Gasteiger partial charge in [-0.05, 0) is 0 Å². The summed E-state index contributed by atoms with van der Waals surface area (Å²) in [5, 5.41) is 0. The van der Waals surface area contributed by atoms with Gasteiger partial charge in [-0.25, -0.2) is 0 Å². The smallest absolute Gasteiger partial charge is 0.0310 e. The maximum absolute atomic E-state index is 10.3. The van der Waals surface area contributed by atoms with Gasteiger partial charge in [-0.2, -0.15) is 0 Å². The molecule has 0 atom stereocenters. The maximum Gasteiger partial charge on any atom is 0.0310 e. The minimum absolute atomic E-state index is 1.61. The average Bonchev–Trinajstić information content (AvgIpc) is 1.38. The van der Waals surface area contributed by atoms with Crippen LogP contribution in [0.15, 0.2) is 0 Å². The summed E-state index contributed by atoms with van der Waals surface area (Å²) in [5.74, 6) is 0. The Bertz CT molecular complexity index is 18.9. The summed E-state index contributed by atoms with van der Waals surface area (Å²) in [6.07, 6.45) is -2.16. The highest BCUT2D eigenvalue weighted by atomic mass is 19.3. The van der Waals surface area contributed by atoms with Crippen LogP contribution in [0.2, 0.25) is 0 Å². The van der Waals surface area contributed by atoms with Crippen LogP contribution < -0.4 is 0 Å². The molecule has 0 rings (SSSR count). The van der Waals surface area contributed by atoms with Crippen LogP contribution in [0.4, 0.5) is 13.2 Å². The number of hydrogen-bond donors (Lipinski definition) is 0. The molecule has 0 fully saturated rings. The molecule has 0 heterocycles. The Morgan fingerprint density at radius 1 is 1.40 bits per heavy atom. The molecular formula is C2H2F3-. The summed E-state index contributed by atoms with van der Waals surface area (Å²) in [7, 11) is 0. The van der Waals surface area contributed by atoms with Crippen LogP contribution in [0.5, 0.6) is 0 Å². The van der Waals surface area contributed by atoms with Gasteiger partial charge in [-0.15, -0.1) is 0 Å². The van der Waals surface area contributed by atoms with Gasteiger partial charge in [0.05, 0.1) is 0 Å². The first-order valence-electron chi connectivity index (χ1n) is 0.999. The van der Waals surface area contributed by atoms with Gasteiger partial charge in [0.1, 0.15) is 0 Å². The highest BCUT2D eigenvalue weighted by Crippen LogP contribution is 2.00. The second-order valence-corrected chi connectivity index (χ2v) is 0.472. The first-order chi connectivity index (χ1) is 2.27. The van der Waals surface area contributed by atoms with Gasteiger partial charge in [0.25, 0.3) is 0 Å². The van der Waals surface area contributed by atoms with E-state index in [1.54, 1.807) is 0 Å². The summed E-state index contributed by atoms with van der Waals surface area (Å²) >= 11 is 0. The summed E-state index contributed by atoms with van der Waals surface area (Å²) in [5.41, 5.74) is 0. The zero-order valence-electron chi connectivity index (χ0n) is 2.34. The van der Waals surface area contributed by atoms with E-state index in [0.29, 0.717) is 0 Å². The Morgan fingerprint density at radius 2 is 1.60 bits per heavy atom. The van der Waals surface area contributed by atoms with Crippen LogP contribution in [0.25, 0.3) is 0 Å². The highest BCUT2D eigenvalue weighted by Gasteiger charge is 1.76. The van der Waals surface area contributed by atoms with Crippen LogP contribution in [-0.4, -0.2) is 6.67 Å². The molecule has 0 radical (unpaired) electrons. The molecular weight excluding hydrogens is 81.0 g/mol. The topological polar surface area (TPSA) is 0 Å². The van der Waals surface area contributed by atoms with Crippen LogP contribution in [0.1, 0.15) is 0 Å². The SMILES string of the molecule is FC[C-](F)F. The summed E-state index contributed by atoms with van der Waals surface area (Å²) in [4.78, 5) is 0. The largest absolute Gasteiger partial charge is 0.419 e. The number of alkyl halides is 1. The van der Waals surface area contributed by atoms with Crippen molar-refractivity contribution >= 4 is 0 Å². The first kappa shape index (κ1) is 4.79. The normalized spacial score (nSPS) is 9.60. The van der Waals surface area contributed by atoms with Gasteiger partial charge in [0, 0.05) is 13.1 Å². The summed E-state index contributed by atoms with van der Waals surface area (Å²) in [6, 6.07) is 0. The van der Waals surface area contributed by atoms with Gasteiger partial charge < -0.3 is 8.78 Å². The van der Waals surface area contributed by atoms with E-state index in [2.05, 4.69) is 0 Å². The highest BCUT2D eigenvalue weighted by molar-refractivity contribution is 4.51. The monoisotopic (exact) mass is 83.0 g/mol. The predicted molar refractivity (Wildman–Crippen MR) is 11.4 cm³/mol. The van der Waals surface area contributed by atoms with Gasteiger partial charge in [-0.3, -0.25) is 4.39 Å². The molecule has 0 amide bonds. The zero-order valence-corrected chi connectivity index (χ0v) is 2.34. The van der Waals surface area contributed by atoms with E-state index in [-0.39, 0.29) is 0 Å². The molecule has 0 aromatic heterocycles. The van der Waals surface area contributed by atoms with Crippen LogP contribution in [0, 0.1) is 6.43 Å². The van der Waals surface area contributed by atoms with E-state index >= 15 is 0 Å². The lowest BCUT2D eigenvalue weighted by Gasteiger charge is -1.97. The standard InChI is InChI=1S/C2H2F3/c3-1-2(4)5/h1H2/q-1. The lowest BCUT2D eigenvalue weighted by molar-refractivity contribution is 0.233. The molecule has 0 saturated heterocycles. The van der Waals surface area contributed by atoms with Gasteiger partial charge in [0.15, 0.2) is 0 Å². The molecule has 32 valence electrons. The van der Waals surface area contributed by atoms with Gasteiger partial charge in [0.2, 0.25) is 0 Å². The van der Waals surface area contributed by atoms with Crippen molar-refractivity contribution in [2.24, 2.45) is 0 Å². The molecule has 0 N–H and O–H groups in total. The Labute approximate surface area is 27.6 Å². The van der Waals surface area contributed by atoms with Crippen molar-refractivity contribution in [1.82, 2.24) is 0 Å². The van der Waals surface area contributed by atoms with Crippen molar-refractivity contribution < 1.29 is 13.2 Å². The second kappa shape index (κ2) is 2.05. The Morgan fingerprint density at radius 3 is 1.60 bits per heavy atom. The van der Waals surface area contributed by atoms with E-state index in [1.165, 1.54) is 0 Å². The molecule has 0 bridgehead atoms. The summed E-state index contributed by atoms with van der Waals surface area (Å²) < 4.78 is 30.9. The minimum Gasteiger partial charge on any atom is -0.419 e. The fourth-order valence-corrected chi connectivity index (χ4v) is 0. The fraction of sp³-hybridized carbons (Fsp3) is 0.500. The molecule has 0 aromatic rings. The predicted octanol–water partition coefficient (Wildman–Crippen LogP) is 1.38. The van der Waals surface area contributed by atoms with Crippen LogP contribution >= 0.6 is 0 Å². The van der Waals surface area contributed by atoms with E-state index in [0.717, 1.165) is 0 Å². The zero-order chi connectivity index (χ0) is 4.28. The van der Waals surface area contributed by atoms with E-state index in [4.69, 9.17) is 0 Å². The molecule has 0 spiro atoms. The number of hydrogen-bond acceptors (Lipinski definition) is 0. The molecule has 0 aliphatic carbocycles. The number of halogens is 3. The fourth-order valence-electron chi connectivity index (χ4n) is 0. The van der Waals surface area contributed by atoms with Crippen LogP contribution in [-0.2, 0) is 0 Å². The number of rotatable bonds is 1. The van der Waals surface area contributed by atoms with Crippen molar-refractivity contribution in [2.45, 2.75) is 0 Å². The van der Waals surface area contributed by atoms with Gasteiger partial charge in [-0.1, -0.05) is 0 Å². The minimum atomic E-state index is -2.16. The molecule has 0 aliphatic rings. The van der Waals surface area contributed by atoms with Crippen molar-refractivity contribution in [3.8, 4) is 0 Å². The van der Waals surface area contributed by atoms with Gasteiger partial charge >= 0.3 is 0 Å². The van der Waals surface area contributed by atoms with E-state index < -0.39 is 13.1 Å². The third-order valence-corrected chi connectivity index (χ3v) is 0.101. The Balaban J connectivity index is 2.54. The molecule has 0 nitrogen and oxygen atoms in total. The third kappa shape index (κ3) is 3.79.